The third kappa shape index (κ3) is 5.07. The molecule has 1 heterocycles. The number of aryl methyl sites for hydroxylation is 1. The van der Waals surface area contributed by atoms with Gasteiger partial charge in [0.25, 0.3) is 5.91 Å². The molecular weight excluding hydrogens is 413 g/mol. The number of ether oxygens (including phenoxy) is 1. The van der Waals surface area contributed by atoms with Gasteiger partial charge >= 0.3 is 0 Å². The van der Waals surface area contributed by atoms with Crippen molar-refractivity contribution in [1.82, 2.24) is 15.2 Å². The number of aromatic nitrogens is 2. The van der Waals surface area contributed by atoms with Gasteiger partial charge in [-0.1, -0.05) is 41.4 Å². The van der Waals surface area contributed by atoms with Crippen LogP contribution in [0.2, 0.25) is 10.2 Å². The molecule has 2 aromatic carbocycles. The summed E-state index contributed by atoms with van der Waals surface area (Å²) in [4.78, 5) is 12.0. The number of amides is 1. The van der Waals surface area contributed by atoms with Gasteiger partial charge in [-0.05, 0) is 37.3 Å². The molecule has 0 aliphatic heterocycles. The average Bonchev–Trinajstić information content (AvgIpc) is 3.00. The van der Waals surface area contributed by atoms with Crippen molar-refractivity contribution >= 4 is 41.0 Å². The van der Waals surface area contributed by atoms with Gasteiger partial charge in [0.1, 0.15) is 10.9 Å². The van der Waals surface area contributed by atoms with Gasteiger partial charge < -0.3 is 10.1 Å². The van der Waals surface area contributed by atoms with E-state index in [1.54, 1.807) is 36.9 Å². The summed E-state index contributed by atoms with van der Waals surface area (Å²) >= 11 is 12.5. The van der Waals surface area contributed by atoms with Crippen LogP contribution in [0.5, 0.6) is 5.75 Å². The van der Waals surface area contributed by atoms with Crippen LogP contribution in [0.4, 0.5) is 5.69 Å². The van der Waals surface area contributed by atoms with E-state index in [0.29, 0.717) is 27.2 Å². The van der Waals surface area contributed by atoms with Gasteiger partial charge in [-0.3, -0.25) is 4.79 Å². The van der Waals surface area contributed by atoms with E-state index in [1.165, 1.54) is 6.21 Å². The van der Waals surface area contributed by atoms with E-state index in [2.05, 4.69) is 20.9 Å². The fraction of sp³-hybridized carbons (Fsp3) is 0.150. The average molecular weight is 432 g/mol. The number of benzene rings is 2. The Balaban J connectivity index is 1.64. The lowest BCUT2D eigenvalue weighted by atomic mass is 10.3. The maximum Gasteiger partial charge on any atom is 0.259 e. The summed E-state index contributed by atoms with van der Waals surface area (Å²) in [5.41, 5.74) is 5.18. The van der Waals surface area contributed by atoms with Crippen molar-refractivity contribution in [3.63, 3.8) is 0 Å². The number of nitrogens with one attached hydrogen (secondary N) is 2. The Morgan fingerprint density at radius 1 is 1.24 bits per heavy atom. The lowest BCUT2D eigenvalue weighted by Gasteiger charge is -2.09. The minimum absolute atomic E-state index is 0.0339. The number of para-hydroxylation sites is 2. The normalized spacial score (nSPS) is 10.9. The summed E-state index contributed by atoms with van der Waals surface area (Å²) < 4.78 is 6.80. The quantitative estimate of drug-likeness (QED) is 0.436. The zero-order valence-electron chi connectivity index (χ0n) is 15.8. The lowest BCUT2D eigenvalue weighted by molar-refractivity contribution is -0.119. The third-order valence-electron chi connectivity index (χ3n) is 4.03. The number of methoxy groups -OCH3 is 1. The van der Waals surface area contributed by atoms with Gasteiger partial charge in [0, 0.05) is 5.02 Å². The molecule has 9 heteroatoms. The highest BCUT2D eigenvalue weighted by Gasteiger charge is 2.13. The third-order valence-corrected chi connectivity index (χ3v) is 4.63. The second-order valence-corrected chi connectivity index (χ2v) is 6.82. The highest BCUT2D eigenvalue weighted by molar-refractivity contribution is 6.32. The molecular formula is C20H19Cl2N5O2. The lowest BCUT2D eigenvalue weighted by Crippen LogP contribution is -2.26. The van der Waals surface area contributed by atoms with Gasteiger partial charge in [0.2, 0.25) is 0 Å². The number of hydrogen-bond donors (Lipinski definition) is 2. The standard InChI is InChI=1S/C20H19Cl2N5O2/c1-13-16(20(22)27(26-13)15-7-5-6-14(21)10-15)11-24-25-19(28)12-23-17-8-3-4-9-18(17)29-2/h3-11,23H,12H2,1-2H3,(H,25,28)/b24-11+. The van der Waals surface area contributed by atoms with E-state index >= 15 is 0 Å². The van der Waals surface area contributed by atoms with Crippen molar-refractivity contribution in [3.05, 3.63) is 70.0 Å². The molecule has 0 atom stereocenters. The predicted molar refractivity (Wildman–Crippen MR) is 116 cm³/mol. The molecule has 0 spiro atoms. The van der Waals surface area contributed by atoms with Crippen LogP contribution >= 0.6 is 23.2 Å². The number of anilines is 1. The molecule has 0 saturated heterocycles. The zero-order chi connectivity index (χ0) is 20.8. The van der Waals surface area contributed by atoms with Crippen molar-refractivity contribution in [1.29, 1.82) is 0 Å². The van der Waals surface area contributed by atoms with Crippen LogP contribution in [0.25, 0.3) is 5.69 Å². The van der Waals surface area contributed by atoms with Crippen LogP contribution in [0.15, 0.2) is 53.6 Å². The minimum atomic E-state index is -0.317. The van der Waals surface area contributed by atoms with Crippen LogP contribution in [0.3, 0.4) is 0 Å². The number of nitrogens with zero attached hydrogens (tertiary/aromatic N) is 3. The first-order valence-corrected chi connectivity index (χ1v) is 9.45. The Morgan fingerprint density at radius 2 is 2.03 bits per heavy atom. The first-order valence-electron chi connectivity index (χ1n) is 8.69. The van der Waals surface area contributed by atoms with Crippen LogP contribution in [0, 0.1) is 6.92 Å². The molecule has 0 saturated carbocycles. The highest BCUT2D eigenvalue weighted by atomic mass is 35.5. The maximum atomic E-state index is 12.0. The van der Waals surface area contributed by atoms with E-state index in [-0.39, 0.29) is 12.5 Å². The molecule has 1 aromatic heterocycles. The Hall–Kier alpha value is -3.03. The molecule has 0 unspecified atom stereocenters. The number of rotatable bonds is 7. The molecule has 0 aliphatic carbocycles. The molecule has 2 N–H and O–H groups in total. The SMILES string of the molecule is COc1ccccc1NCC(=O)N/N=C/c1c(C)nn(-c2cccc(Cl)c2)c1Cl. The van der Waals surface area contributed by atoms with Crippen molar-refractivity contribution < 1.29 is 9.53 Å². The summed E-state index contributed by atoms with van der Waals surface area (Å²) in [6.45, 7) is 1.84. The number of halogens is 2. The number of carbonyl (C=O) groups excluding carboxylic acids is 1. The maximum absolute atomic E-state index is 12.0. The Morgan fingerprint density at radius 3 is 2.79 bits per heavy atom. The first kappa shape index (κ1) is 20.7. The number of hydrogen-bond acceptors (Lipinski definition) is 5. The molecule has 1 amide bonds. The van der Waals surface area contributed by atoms with Gasteiger partial charge in [0.05, 0.1) is 42.5 Å². The van der Waals surface area contributed by atoms with Crippen molar-refractivity contribution in [2.75, 3.05) is 19.0 Å². The molecule has 3 rings (SSSR count). The molecule has 0 aliphatic rings. The molecule has 0 bridgehead atoms. The predicted octanol–water partition coefficient (Wildman–Crippen LogP) is 4.06. The molecule has 0 radical (unpaired) electrons. The van der Waals surface area contributed by atoms with E-state index < -0.39 is 0 Å². The second-order valence-electron chi connectivity index (χ2n) is 6.03. The molecule has 3 aromatic rings. The Bertz CT molecular complexity index is 1050. The van der Waals surface area contributed by atoms with Crippen molar-refractivity contribution in [3.8, 4) is 11.4 Å². The largest absolute Gasteiger partial charge is 0.495 e. The molecule has 0 fully saturated rings. The Kier molecular flexibility index (Phi) is 6.74. The van der Waals surface area contributed by atoms with E-state index in [0.717, 1.165) is 11.4 Å². The van der Waals surface area contributed by atoms with Crippen molar-refractivity contribution in [2.24, 2.45) is 5.10 Å². The molecule has 29 heavy (non-hydrogen) atoms. The van der Waals surface area contributed by atoms with Crippen molar-refractivity contribution in [2.45, 2.75) is 6.92 Å². The second kappa shape index (κ2) is 9.45. The van der Waals surface area contributed by atoms with Gasteiger partial charge in [-0.25, -0.2) is 10.1 Å². The fourth-order valence-electron chi connectivity index (χ4n) is 2.61. The summed E-state index contributed by atoms with van der Waals surface area (Å²) in [7, 11) is 1.57. The van der Waals surface area contributed by atoms with Gasteiger partial charge in [-0.2, -0.15) is 10.2 Å². The summed E-state index contributed by atoms with van der Waals surface area (Å²) in [6.07, 6.45) is 1.46. The number of carbonyl (C=O) groups is 1. The smallest absolute Gasteiger partial charge is 0.259 e. The van der Waals surface area contributed by atoms with Crippen LogP contribution in [0.1, 0.15) is 11.3 Å². The van der Waals surface area contributed by atoms with Gasteiger partial charge in [0.15, 0.2) is 0 Å². The summed E-state index contributed by atoms with van der Waals surface area (Å²) in [5, 5.41) is 12.3. The zero-order valence-corrected chi connectivity index (χ0v) is 17.3. The van der Waals surface area contributed by atoms with E-state index in [4.69, 9.17) is 27.9 Å². The van der Waals surface area contributed by atoms with Gasteiger partial charge in [-0.15, -0.1) is 0 Å². The highest BCUT2D eigenvalue weighted by Crippen LogP contribution is 2.24. The summed E-state index contributed by atoms with van der Waals surface area (Å²) in [6, 6.07) is 14.5. The van der Waals surface area contributed by atoms with E-state index in [9.17, 15) is 4.79 Å². The van der Waals surface area contributed by atoms with Crippen LogP contribution in [-0.4, -0.2) is 35.6 Å². The fourth-order valence-corrected chi connectivity index (χ4v) is 3.12. The minimum Gasteiger partial charge on any atom is -0.495 e. The summed E-state index contributed by atoms with van der Waals surface area (Å²) in [5.74, 6) is 0.336. The first-order chi connectivity index (χ1) is 14.0. The molecule has 150 valence electrons. The van der Waals surface area contributed by atoms with Crippen LogP contribution in [-0.2, 0) is 4.79 Å². The Labute approximate surface area is 178 Å². The topological polar surface area (TPSA) is 80.5 Å². The monoisotopic (exact) mass is 431 g/mol. The van der Waals surface area contributed by atoms with E-state index in [1.807, 2.05) is 30.3 Å². The molecule has 7 nitrogen and oxygen atoms in total. The van der Waals surface area contributed by atoms with Crippen LogP contribution < -0.4 is 15.5 Å². The number of hydrazone groups is 1.